The van der Waals surface area contributed by atoms with Crippen LogP contribution in [0.15, 0.2) is 28.4 Å². The number of hydrogen-bond acceptors (Lipinski definition) is 5. The van der Waals surface area contributed by atoms with Gasteiger partial charge in [0.05, 0.1) is 12.6 Å². The van der Waals surface area contributed by atoms with Crippen molar-refractivity contribution in [3.8, 4) is 5.88 Å². The molecule has 5 rings (SSSR count). The highest BCUT2D eigenvalue weighted by Crippen LogP contribution is 2.34. The number of amides is 2. The van der Waals surface area contributed by atoms with E-state index in [4.69, 9.17) is 4.74 Å². The molecule has 30 heavy (non-hydrogen) atoms. The molecule has 0 bridgehead atoms. The summed E-state index contributed by atoms with van der Waals surface area (Å²) in [7, 11) is 0. The third kappa shape index (κ3) is 3.50. The SMILES string of the molecule is Cc1cc(C(C)N2CC3=C(CCN=C3NC(=O)C3CC3)C2=O)cnc1OC1CCC1. The zero-order valence-electron chi connectivity index (χ0n) is 17.6. The molecular formula is C23H28N4O3. The van der Waals surface area contributed by atoms with E-state index < -0.39 is 0 Å². The predicted octanol–water partition coefficient (Wildman–Crippen LogP) is 2.85. The normalized spacial score (nSPS) is 22.4. The number of aliphatic imine (C=N–C) groups is 1. The van der Waals surface area contributed by atoms with Crippen molar-refractivity contribution in [1.29, 1.82) is 0 Å². The number of carbonyl (C=O) groups is 2. The minimum atomic E-state index is -0.118. The zero-order valence-corrected chi connectivity index (χ0v) is 17.6. The molecule has 2 saturated carbocycles. The number of hydrogen-bond donors (Lipinski definition) is 1. The van der Waals surface area contributed by atoms with Crippen LogP contribution >= 0.6 is 0 Å². The van der Waals surface area contributed by atoms with Gasteiger partial charge in [-0.05, 0) is 64.0 Å². The predicted molar refractivity (Wildman–Crippen MR) is 112 cm³/mol. The van der Waals surface area contributed by atoms with Crippen molar-refractivity contribution in [2.75, 3.05) is 13.1 Å². The summed E-state index contributed by atoms with van der Waals surface area (Å²) in [4.78, 5) is 36.3. The molecule has 1 unspecified atom stereocenters. The van der Waals surface area contributed by atoms with E-state index in [1.165, 1.54) is 6.42 Å². The van der Waals surface area contributed by atoms with Gasteiger partial charge in [-0.1, -0.05) is 0 Å². The highest BCUT2D eigenvalue weighted by molar-refractivity contribution is 6.16. The summed E-state index contributed by atoms with van der Waals surface area (Å²) in [6, 6.07) is 1.95. The average Bonchev–Trinajstić information content (AvgIpc) is 3.50. The molecule has 2 fully saturated rings. The molecule has 1 aromatic heterocycles. The first kappa shape index (κ1) is 19.3. The molecule has 1 aromatic rings. The number of amidine groups is 1. The third-order valence-electron chi connectivity index (χ3n) is 6.65. The summed E-state index contributed by atoms with van der Waals surface area (Å²) >= 11 is 0. The fourth-order valence-corrected chi connectivity index (χ4v) is 4.24. The lowest BCUT2D eigenvalue weighted by Gasteiger charge is -2.28. The van der Waals surface area contributed by atoms with Crippen LogP contribution in [0, 0.1) is 12.8 Å². The Morgan fingerprint density at radius 2 is 2.07 bits per heavy atom. The molecule has 3 heterocycles. The summed E-state index contributed by atoms with van der Waals surface area (Å²) in [5.41, 5.74) is 3.65. The van der Waals surface area contributed by atoms with E-state index in [9.17, 15) is 9.59 Å². The smallest absolute Gasteiger partial charge is 0.251 e. The zero-order chi connectivity index (χ0) is 20.8. The number of nitrogens with zero attached hydrogens (tertiary/aromatic N) is 3. The second kappa shape index (κ2) is 7.52. The topological polar surface area (TPSA) is 83.9 Å². The Morgan fingerprint density at radius 1 is 1.27 bits per heavy atom. The van der Waals surface area contributed by atoms with Gasteiger partial charge in [0.2, 0.25) is 11.8 Å². The van der Waals surface area contributed by atoms with Gasteiger partial charge in [0.1, 0.15) is 11.9 Å². The molecule has 2 aliphatic carbocycles. The van der Waals surface area contributed by atoms with Crippen LogP contribution in [0.4, 0.5) is 0 Å². The van der Waals surface area contributed by atoms with Crippen LogP contribution in [0.3, 0.4) is 0 Å². The first-order chi connectivity index (χ1) is 14.5. The van der Waals surface area contributed by atoms with Gasteiger partial charge in [0.15, 0.2) is 0 Å². The van der Waals surface area contributed by atoms with E-state index in [1.807, 2.05) is 24.9 Å². The number of pyridine rings is 1. The minimum absolute atomic E-state index is 0.0309. The molecule has 1 atom stereocenters. The Kier molecular flexibility index (Phi) is 4.83. The lowest BCUT2D eigenvalue weighted by molar-refractivity contribution is -0.127. The van der Waals surface area contributed by atoms with E-state index in [0.717, 1.165) is 48.0 Å². The standard InChI is InChI=1S/C23H28N4O3/c1-13-10-16(11-25-22(13)30-17-4-3-5-17)14(2)27-12-19-18(23(27)29)8-9-24-20(19)26-21(28)15-6-7-15/h10-11,14-15,17H,3-9,12H2,1-2H3,(H,24,26,28). The van der Waals surface area contributed by atoms with Crippen LogP contribution in [-0.2, 0) is 9.59 Å². The molecule has 2 aliphatic heterocycles. The largest absolute Gasteiger partial charge is 0.474 e. The van der Waals surface area contributed by atoms with Crippen molar-refractivity contribution in [1.82, 2.24) is 15.2 Å². The first-order valence-electron chi connectivity index (χ1n) is 11.0. The number of ether oxygens (including phenoxy) is 1. The van der Waals surface area contributed by atoms with Gasteiger partial charge in [-0.25, -0.2) is 4.98 Å². The second-order valence-electron chi connectivity index (χ2n) is 8.87. The molecule has 0 radical (unpaired) electrons. The Hall–Kier alpha value is -2.70. The lowest BCUT2D eigenvalue weighted by Crippen LogP contribution is -2.36. The quantitative estimate of drug-likeness (QED) is 0.812. The van der Waals surface area contributed by atoms with Crippen LogP contribution in [0.5, 0.6) is 5.88 Å². The highest BCUT2D eigenvalue weighted by atomic mass is 16.5. The molecular weight excluding hydrogens is 380 g/mol. The summed E-state index contributed by atoms with van der Waals surface area (Å²) in [6.07, 6.45) is 8.05. The minimum Gasteiger partial charge on any atom is -0.474 e. The van der Waals surface area contributed by atoms with Gasteiger partial charge in [-0.3, -0.25) is 14.6 Å². The lowest BCUT2D eigenvalue weighted by atomic mass is 9.96. The Labute approximate surface area is 176 Å². The number of aromatic nitrogens is 1. The second-order valence-corrected chi connectivity index (χ2v) is 8.87. The molecule has 1 N–H and O–H groups in total. The molecule has 2 amide bonds. The molecule has 0 saturated heterocycles. The van der Waals surface area contributed by atoms with Crippen LogP contribution in [0.25, 0.3) is 0 Å². The van der Waals surface area contributed by atoms with E-state index in [0.29, 0.717) is 37.3 Å². The van der Waals surface area contributed by atoms with Crippen LogP contribution < -0.4 is 10.1 Å². The Morgan fingerprint density at radius 3 is 2.73 bits per heavy atom. The van der Waals surface area contributed by atoms with Crippen molar-refractivity contribution >= 4 is 17.6 Å². The van der Waals surface area contributed by atoms with Crippen molar-refractivity contribution < 1.29 is 14.3 Å². The van der Waals surface area contributed by atoms with Crippen molar-refractivity contribution in [3.63, 3.8) is 0 Å². The van der Waals surface area contributed by atoms with Gasteiger partial charge in [0.25, 0.3) is 5.91 Å². The van der Waals surface area contributed by atoms with Crippen molar-refractivity contribution in [2.45, 2.75) is 64.5 Å². The molecule has 7 nitrogen and oxygen atoms in total. The van der Waals surface area contributed by atoms with E-state index in [-0.39, 0.29) is 23.8 Å². The average molecular weight is 409 g/mol. The number of rotatable bonds is 5. The van der Waals surface area contributed by atoms with Crippen LogP contribution in [0.2, 0.25) is 0 Å². The number of nitrogens with one attached hydrogen (secondary N) is 1. The van der Waals surface area contributed by atoms with Crippen LogP contribution in [-0.4, -0.2) is 46.7 Å². The summed E-state index contributed by atoms with van der Waals surface area (Å²) < 4.78 is 5.96. The number of aryl methyl sites for hydroxylation is 1. The monoisotopic (exact) mass is 408 g/mol. The van der Waals surface area contributed by atoms with E-state index in [2.05, 4.69) is 21.4 Å². The van der Waals surface area contributed by atoms with E-state index >= 15 is 0 Å². The van der Waals surface area contributed by atoms with Crippen LogP contribution in [0.1, 0.15) is 62.6 Å². The number of dihydropyridines is 1. The van der Waals surface area contributed by atoms with Gasteiger partial charge >= 0.3 is 0 Å². The maximum atomic E-state index is 13.1. The molecule has 158 valence electrons. The summed E-state index contributed by atoms with van der Waals surface area (Å²) in [5.74, 6) is 1.47. The fraction of sp³-hybridized carbons (Fsp3) is 0.565. The first-order valence-corrected chi connectivity index (χ1v) is 11.0. The molecule has 7 heteroatoms. The van der Waals surface area contributed by atoms with Crippen molar-refractivity contribution in [3.05, 3.63) is 34.5 Å². The van der Waals surface area contributed by atoms with Gasteiger partial charge in [-0.15, -0.1) is 0 Å². The Balaban J connectivity index is 1.30. The number of carbonyl (C=O) groups excluding carboxylic acids is 2. The molecule has 0 spiro atoms. The van der Waals surface area contributed by atoms with Gasteiger partial charge in [-0.2, -0.15) is 0 Å². The van der Waals surface area contributed by atoms with E-state index in [1.54, 1.807) is 0 Å². The van der Waals surface area contributed by atoms with Crippen molar-refractivity contribution in [2.24, 2.45) is 10.9 Å². The Bertz CT molecular complexity index is 959. The molecule has 4 aliphatic rings. The summed E-state index contributed by atoms with van der Waals surface area (Å²) in [6.45, 7) is 5.04. The fourth-order valence-electron chi connectivity index (χ4n) is 4.24. The maximum absolute atomic E-state index is 13.1. The highest BCUT2D eigenvalue weighted by Gasteiger charge is 2.39. The maximum Gasteiger partial charge on any atom is 0.251 e. The van der Waals surface area contributed by atoms with Gasteiger partial charge < -0.3 is 15.0 Å². The summed E-state index contributed by atoms with van der Waals surface area (Å²) in [5, 5.41) is 2.96. The molecule has 0 aromatic carbocycles. The third-order valence-corrected chi connectivity index (χ3v) is 6.65. The van der Waals surface area contributed by atoms with Gasteiger partial charge in [0, 0.05) is 35.4 Å².